The highest BCUT2D eigenvalue weighted by Crippen LogP contribution is 2.33. The van der Waals surface area contributed by atoms with Gasteiger partial charge in [-0.05, 0) is 42.5 Å². The Morgan fingerprint density at radius 2 is 2.12 bits per heavy atom. The van der Waals surface area contributed by atoms with Crippen molar-refractivity contribution in [3.63, 3.8) is 0 Å². The fourth-order valence-electron chi connectivity index (χ4n) is 2.42. The second-order valence-corrected chi connectivity index (χ2v) is 5.50. The molecule has 2 rings (SSSR count). The highest BCUT2D eigenvalue weighted by molar-refractivity contribution is 5.77. The summed E-state index contributed by atoms with van der Waals surface area (Å²) in [7, 11) is 0. The molecular weight excluding hydrogens is 198 g/mol. The largest absolute Gasteiger partial charge is 0.371 e. The van der Waals surface area contributed by atoms with Gasteiger partial charge in [0.2, 0.25) is 0 Å². The van der Waals surface area contributed by atoms with E-state index in [4.69, 9.17) is 0 Å². The smallest absolute Gasteiger partial charge is 0.150 e. The molecule has 1 fully saturated rings. The summed E-state index contributed by atoms with van der Waals surface area (Å²) in [5.74, 6) is 0. The van der Waals surface area contributed by atoms with Crippen LogP contribution in [0.3, 0.4) is 0 Å². The average molecular weight is 217 g/mol. The number of anilines is 1. The molecule has 2 nitrogen and oxygen atoms in total. The van der Waals surface area contributed by atoms with Crippen molar-refractivity contribution in [1.82, 2.24) is 0 Å². The van der Waals surface area contributed by atoms with Gasteiger partial charge in [-0.3, -0.25) is 4.79 Å². The van der Waals surface area contributed by atoms with Gasteiger partial charge in [-0.25, -0.2) is 0 Å². The maximum atomic E-state index is 10.7. The monoisotopic (exact) mass is 217 g/mol. The van der Waals surface area contributed by atoms with Crippen LogP contribution in [-0.4, -0.2) is 19.4 Å². The van der Waals surface area contributed by atoms with Crippen LogP contribution < -0.4 is 4.90 Å². The number of nitrogens with zero attached hydrogens (tertiary/aromatic N) is 1. The van der Waals surface area contributed by atoms with Crippen LogP contribution in [0.4, 0.5) is 5.69 Å². The lowest BCUT2D eigenvalue weighted by Crippen LogP contribution is -2.23. The molecule has 0 saturated carbocycles. The maximum Gasteiger partial charge on any atom is 0.150 e. The zero-order valence-corrected chi connectivity index (χ0v) is 10.3. The molecule has 1 aromatic rings. The number of carbonyl (C=O) groups excluding carboxylic acids is 1. The third-order valence-electron chi connectivity index (χ3n) is 3.38. The van der Waals surface area contributed by atoms with Crippen molar-refractivity contribution in [2.75, 3.05) is 18.0 Å². The summed E-state index contributed by atoms with van der Waals surface area (Å²) in [5.41, 5.74) is 3.65. The summed E-state index contributed by atoms with van der Waals surface area (Å²) in [6, 6.07) is 5.94. The first-order chi connectivity index (χ1) is 7.52. The minimum Gasteiger partial charge on any atom is -0.371 e. The molecule has 2 heteroatoms. The van der Waals surface area contributed by atoms with Crippen LogP contribution >= 0.6 is 0 Å². The minimum atomic E-state index is 0.412. The van der Waals surface area contributed by atoms with Crippen LogP contribution in [0.2, 0.25) is 0 Å². The van der Waals surface area contributed by atoms with Crippen molar-refractivity contribution >= 4 is 12.0 Å². The summed E-state index contributed by atoms with van der Waals surface area (Å²) in [6.07, 6.45) is 2.15. The Kier molecular flexibility index (Phi) is 2.75. The quantitative estimate of drug-likeness (QED) is 0.710. The Labute approximate surface area is 97.3 Å². The van der Waals surface area contributed by atoms with Crippen LogP contribution in [0.1, 0.15) is 36.2 Å². The standard InChI is InChI=1S/C14H19NO/c1-11-8-12(9-16)4-5-13(11)15-7-6-14(2,3)10-15/h4-5,8-9H,6-7,10H2,1-3H3. The van der Waals surface area contributed by atoms with Crippen LogP contribution in [-0.2, 0) is 0 Å². The lowest BCUT2D eigenvalue weighted by atomic mass is 9.93. The molecule has 1 saturated heterocycles. The molecule has 1 aliphatic rings. The molecule has 0 atom stereocenters. The topological polar surface area (TPSA) is 20.3 Å². The van der Waals surface area contributed by atoms with Crippen molar-refractivity contribution in [2.24, 2.45) is 5.41 Å². The summed E-state index contributed by atoms with van der Waals surface area (Å²) >= 11 is 0. The number of hydrogen-bond acceptors (Lipinski definition) is 2. The predicted octanol–water partition coefficient (Wildman–Crippen LogP) is 3.04. The van der Waals surface area contributed by atoms with Crippen molar-refractivity contribution < 1.29 is 4.79 Å². The Balaban J connectivity index is 2.25. The number of aldehydes is 1. The maximum absolute atomic E-state index is 10.7. The molecule has 0 N–H and O–H groups in total. The van der Waals surface area contributed by atoms with Crippen LogP contribution in [0.25, 0.3) is 0 Å². The zero-order chi connectivity index (χ0) is 11.8. The molecule has 86 valence electrons. The van der Waals surface area contributed by atoms with Gasteiger partial charge in [-0.1, -0.05) is 13.8 Å². The first-order valence-corrected chi connectivity index (χ1v) is 5.83. The van der Waals surface area contributed by atoms with Gasteiger partial charge in [0.1, 0.15) is 6.29 Å². The minimum absolute atomic E-state index is 0.412. The SMILES string of the molecule is Cc1cc(C=O)ccc1N1CCC(C)(C)C1. The van der Waals surface area contributed by atoms with Crippen LogP contribution in [0, 0.1) is 12.3 Å². The molecule has 1 aromatic carbocycles. The van der Waals surface area contributed by atoms with Crippen molar-refractivity contribution in [3.05, 3.63) is 29.3 Å². The molecule has 0 bridgehead atoms. The van der Waals surface area contributed by atoms with E-state index in [9.17, 15) is 4.79 Å². The molecule has 0 aromatic heterocycles. The number of rotatable bonds is 2. The van der Waals surface area contributed by atoms with E-state index in [1.165, 1.54) is 17.7 Å². The van der Waals surface area contributed by atoms with Gasteiger partial charge in [0, 0.05) is 24.3 Å². The molecule has 0 amide bonds. The van der Waals surface area contributed by atoms with Crippen molar-refractivity contribution in [2.45, 2.75) is 27.2 Å². The number of aryl methyl sites for hydroxylation is 1. The Bertz CT molecular complexity index is 409. The average Bonchev–Trinajstić information content (AvgIpc) is 2.58. The highest BCUT2D eigenvalue weighted by Gasteiger charge is 2.29. The van der Waals surface area contributed by atoms with Gasteiger partial charge in [-0.15, -0.1) is 0 Å². The van der Waals surface area contributed by atoms with Gasteiger partial charge >= 0.3 is 0 Å². The van der Waals surface area contributed by atoms with Crippen LogP contribution in [0.5, 0.6) is 0 Å². The van der Waals surface area contributed by atoms with E-state index in [1.807, 2.05) is 12.1 Å². The summed E-state index contributed by atoms with van der Waals surface area (Å²) in [6.45, 7) is 8.92. The van der Waals surface area contributed by atoms with Gasteiger partial charge in [-0.2, -0.15) is 0 Å². The van der Waals surface area contributed by atoms with Crippen molar-refractivity contribution in [1.29, 1.82) is 0 Å². The van der Waals surface area contributed by atoms with Crippen molar-refractivity contribution in [3.8, 4) is 0 Å². The summed E-state index contributed by atoms with van der Waals surface area (Å²) < 4.78 is 0. The predicted molar refractivity (Wildman–Crippen MR) is 67.2 cm³/mol. The highest BCUT2D eigenvalue weighted by atomic mass is 16.1. The lowest BCUT2D eigenvalue weighted by molar-refractivity contribution is 0.112. The van der Waals surface area contributed by atoms with Gasteiger partial charge in [0.15, 0.2) is 0 Å². The Hall–Kier alpha value is -1.31. The molecule has 1 heterocycles. The first kappa shape index (κ1) is 11.2. The fourth-order valence-corrected chi connectivity index (χ4v) is 2.42. The fraction of sp³-hybridized carbons (Fsp3) is 0.500. The summed E-state index contributed by atoms with van der Waals surface area (Å²) in [4.78, 5) is 13.1. The van der Waals surface area contributed by atoms with Gasteiger partial charge in [0.25, 0.3) is 0 Å². The molecule has 0 spiro atoms. The van der Waals surface area contributed by atoms with Gasteiger partial charge < -0.3 is 4.90 Å². The van der Waals surface area contributed by atoms with Crippen LogP contribution in [0.15, 0.2) is 18.2 Å². The Morgan fingerprint density at radius 1 is 1.38 bits per heavy atom. The van der Waals surface area contributed by atoms with Gasteiger partial charge in [0.05, 0.1) is 0 Å². The first-order valence-electron chi connectivity index (χ1n) is 5.83. The Morgan fingerprint density at radius 3 is 2.62 bits per heavy atom. The molecule has 1 aliphatic heterocycles. The van der Waals surface area contributed by atoms with E-state index in [0.717, 1.165) is 24.9 Å². The van der Waals surface area contributed by atoms with E-state index in [-0.39, 0.29) is 0 Å². The summed E-state index contributed by atoms with van der Waals surface area (Å²) in [5, 5.41) is 0. The molecule has 16 heavy (non-hydrogen) atoms. The molecule has 0 aliphatic carbocycles. The van der Waals surface area contributed by atoms with E-state index >= 15 is 0 Å². The second kappa shape index (κ2) is 3.93. The number of carbonyl (C=O) groups is 1. The second-order valence-electron chi connectivity index (χ2n) is 5.50. The van der Waals surface area contributed by atoms with E-state index in [0.29, 0.717) is 5.41 Å². The molecular formula is C14H19NO. The third-order valence-corrected chi connectivity index (χ3v) is 3.38. The third kappa shape index (κ3) is 2.11. The number of hydrogen-bond donors (Lipinski definition) is 0. The number of benzene rings is 1. The normalized spacial score (nSPS) is 18.8. The van der Waals surface area contributed by atoms with E-state index in [1.54, 1.807) is 0 Å². The van der Waals surface area contributed by atoms with E-state index in [2.05, 4.69) is 31.7 Å². The van der Waals surface area contributed by atoms with E-state index < -0.39 is 0 Å². The molecule has 0 unspecified atom stereocenters. The molecule has 0 radical (unpaired) electrons. The zero-order valence-electron chi connectivity index (χ0n) is 10.3. The lowest BCUT2D eigenvalue weighted by Gasteiger charge is -2.23.